The van der Waals surface area contributed by atoms with Gasteiger partial charge in [-0.2, -0.15) is 0 Å². The molecule has 0 aliphatic carbocycles. The fourth-order valence-corrected chi connectivity index (χ4v) is 3.93. The fraction of sp³-hybridized carbons (Fsp3) is 0.261. The minimum Gasteiger partial charge on any atom is -0.482 e. The van der Waals surface area contributed by atoms with Crippen LogP contribution in [0.25, 0.3) is 10.8 Å². The molecule has 4 rings (SSSR count). The van der Waals surface area contributed by atoms with E-state index in [0.29, 0.717) is 34.7 Å². The normalized spacial score (nSPS) is 14.0. The zero-order valence-electron chi connectivity index (χ0n) is 16.6. The highest BCUT2D eigenvalue weighted by Gasteiger charge is 2.19. The Bertz CT molecular complexity index is 1080. The van der Waals surface area contributed by atoms with Gasteiger partial charge in [-0.1, -0.05) is 53.5 Å². The highest BCUT2D eigenvalue weighted by atomic mass is 35.5. The van der Waals surface area contributed by atoms with E-state index in [-0.39, 0.29) is 12.5 Å². The van der Waals surface area contributed by atoms with Crippen molar-refractivity contribution < 1.29 is 14.3 Å². The van der Waals surface area contributed by atoms with E-state index in [1.165, 1.54) is 0 Å². The lowest BCUT2D eigenvalue weighted by atomic mass is 10.1. The van der Waals surface area contributed by atoms with Crippen LogP contribution in [0, 0.1) is 6.92 Å². The number of halogens is 2. The number of benzene rings is 3. The standard InChI is InChI=1S/C23H22Cl2N2O3/c1-15-6-7-16(12-19(15)24)26-22(28)14-30-21-13-20(27-8-10-29-11-9-27)17-4-2-3-5-18(17)23(21)25/h2-7,12-13H,8-11,14H2,1H3,(H,26,28). The zero-order chi connectivity index (χ0) is 21.1. The van der Waals surface area contributed by atoms with Crippen LogP contribution in [0.2, 0.25) is 10.0 Å². The third-order valence-electron chi connectivity index (χ3n) is 5.09. The molecule has 0 radical (unpaired) electrons. The van der Waals surface area contributed by atoms with Gasteiger partial charge in [0, 0.05) is 46.3 Å². The molecule has 3 aromatic carbocycles. The molecular formula is C23H22Cl2N2O3. The van der Waals surface area contributed by atoms with Gasteiger partial charge < -0.3 is 19.7 Å². The van der Waals surface area contributed by atoms with Crippen LogP contribution in [-0.4, -0.2) is 38.8 Å². The largest absolute Gasteiger partial charge is 0.482 e. The van der Waals surface area contributed by atoms with Crippen molar-refractivity contribution in [3.8, 4) is 5.75 Å². The van der Waals surface area contributed by atoms with Crippen molar-refractivity contribution in [3.05, 3.63) is 64.1 Å². The van der Waals surface area contributed by atoms with Gasteiger partial charge in [0.05, 0.1) is 18.2 Å². The van der Waals surface area contributed by atoms with Crippen LogP contribution in [-0.2, 0) is 9.53 Å². The van der Waals surface area contributed by atoms with Crippen molar-refractivity contribution in [2.45, 2.75) is 6.92 Å². The average Bonchev–Trinajstić information content (AvgIpc) is 2.76. The van der Waals surface area contributed by atoms with Crippen molar-refractivity contribution in [3.63, 3.8) is 0 Å². The van der Waals surface area contributed by atoms with E-state index in [2.05, 4.69) is 10.2 Å². The number of nitrogens with zero attached hydrogens (tertiary/aromatic N) is 1. The Balaban J connectivity index is 1.55. The number of morpholine rings is 1. The van der Waals surface area contributed by atoms with Gasteiger partial charge in [0.1, 0.15) is 5.75 Å². The monoisotopic (exact) mass is 444 g/mol. The first kappa shape index (κ1) is 20.8. The quantitative estimate of drug-likeness (QED) is 0.579. The summed E-state index contributed by atoms with van der Waals surface area (Å²) in [5.41, 5.74) is 2.60. The van der Waals surface area contributed by atoms with Gasteiger partial charge >= 0.3 is 0 Å². The molecule has 1 heterocycles. The molecule has 3 aromatic rings. The topological polar surface area (TPSA) is 50.8 Å². The van der Waals surface area contributed by atoms with Crippen molar-refractivity contribution in [2.24, 2.45) is 0 Å². The summed E-state index contributed by atoms with van der Waals surface area (Å²) < 4.78 is 11.3. The maximum Gasteiger partial charge on any atom is 0.262 e. The minimum atomic E-state index is -0.285. The number of nitrogens with one attached hydrogen (secondary N) is 1. The Labute approximate surface area is 185 Å². The molecule has 156 valence electrons. The van der Waals surface area contributed by atoms with E-state index in [9.17, 15) is 4.79 Å². The molecule has 0 bridgehead atoms. The van der Waals surface area contributed by atoms with E-state index in [0.717, 1.165) is 35.1 Å². The Kier molecular flexibility index (Phi) is 6.32. The summed E-state index contributed by atoms with van der Waals surface area (Å²) >= 11 is 12.7. The fourth-order valence-electron chi connectivity index (χ4n) is 3.48. The highest BCUT2D eigenvalue weighted by molar-refractivity contribution is 6.37. The lowest BCUT2D eigenvalue weighted by molar-refractivity contribution is -0.118. The predicted octanol–water partition coefficient (Wildman–Crippen LogP) is 5.31. The molecule has 1 aliphatic heterocycles. The van der Waals surface area contributed by atoms with Gasteiger partial charge in [-0.3, -0.25) is 4.79 Å². The second kappa shape index (κ2) is 9.13. The number of ether oxygens (including phenoxy) is 2. The first-order valence-electron chi connectivity index (χ1n) is 9.75. The van der Waals surface area contributed by atoms with Crippen molar-refractivity contribution in [1.82, 2.24) is 0 Å². The van der Waals surface area contributed by atoms with Gasteiger partial charge in [-0.05, 0) is 24.6 Å². The molecule has 0 unspecified atom stereocenters. The van der Waals surface area contributed by atoms with Crippen LogP contribution in [0.3, 0.4) is 0 Å². The van der Waals surface area contributed by atoms with Crippen LogP contribution >= 0.6 is 23.2 Å². The first-order chi connectivity index (χ1) is 14.5. The number of carbonyl (C=O) groups excluding carboxylic acids is 1. The number of carbonyl (C=O) groups is 1. The van der Waals surface area contributed by atoms with Crippen LogP contribution < -0.4 is 15.0 Å². The number of hydrogen-bond donors (Lipinski definition) is 1. The van der Waals surface area contributed by atoms with Gasteiger partial charge in [-0.25, -0.2) is 0 Å². The summed E-state index contributed by atoms with van der Waals surface area (Å²) in [5, 5.41) is 5.83. The summed E-state index contributed by atoms with van der Waals surface area (Å²) in [6, 6.07) is 15.2. The van der Waals surface area contributed by atoms with Gasteiger partial charge in [0.25, 0.3) is 5.91 Å². The van der Waals surface area contributed by atoms with E-state index in [1.54, 1.807) is 12.1 Å². The van der Waals surface area contributed by atoms with E-state index in [4.69, 9.17) is 32.7 Å². The van der Waals surface area contributed by atoms with Crippen LogP contribution in [0.4, 0.5) is 11.4 Å². The molecule has 0 saturated carbocycles. The van der Waals surface area contributed by atoms with Gasteiger partial charge in [-0.15, -0.1) is 0 Å². The van der Waals surface area contributed by atoms with Crippen molar-refractivity contribution in [1.29, 1.82) is 0 Å². The Morgan fingerprint density at radius 1 is 1.10 bits per heavy atom. The summed E-state index contributed by atoms with van der Waals surface area (Å²) in [6.07, 6.45) is 0. The van der Waals surface area contributed by atoms with Gasteiger partial charge in [0.2, 0.25) is 0 Å². The number of hydrogen-bond acceptors (Lipinski definition) is 4. The third-order valence-corrected chi connectivity index (χ3v) is 5.89. The van der Waals surface area contributed by atoms with Crippen LogP contribution in [0.5, 0.6) is 5.75 Å². The average molecular weight is 445 g/mol. The summed E-state index contributed by atoms with van der Waals surface area (Å²) in [5.74, 6) is 0.195. The van der Waals surface area contributed by atoms with E-state index >= 15 is 0 Å². The summed E-state index contributed by atoms with van der Waals surface area (Å²) in [7, 11) is 0. The van der Waals surface area contributed by atoms with E-state index in [1.807, 2.05) is 43.3 Å². The highest BCUT2D eigenvalue weighted by Crippen LogP contribution is 2.39. The van der Waals surface area contributed by atoms with Crippen molar-refractivity contribution in [2.75, 3.05) is 43.1 Å². The molecule has 1 saturated heterocycles. The molecule has 1 N–H and O–H groups in total. The lowest BCUT2D eigenvalue weighted by Crippen LogP contribution is -2.36. The number of amides is 1. The summed E-state index contributed by atoms with van der Waals surface area (Å²) in [4.78, 5) is 14.6. The third kappa shape index (κ3) is 4.48. The molecule has 1 amide bonds. The predicted molar refractivity (Wildman–Crippen MR) is 122 cm³/mol. The first-order valence-corrected chi connectivity index (χ1v) is 10.5. The minimum absolute atomic E-state index is 0.161. The number of anilines is 2. The molecular weight excluding hydrogens is 423 g/mol. The maximum atomic E-state index is 12.4. The zero-order valence-corrected chi connectivity index (χ0v) is 18.1. The van der Waals surface area contributed by atoms with Crippen LogP contribution in [0.15, 0.2) is 48.5 Å². The molecule has 0 atom stereocenters. The molecule has 0 aromatic heterocycles. The molecule has 5 nitrogen and oxygen atoms in total. The SMILES string of the molecule is Cc1ccc(NC(=O)COc2cc(N3CCOCC3)c3ccccc3c2Cl)cc1Cl. The Hall–Kier alpha value is -2.47. The molecule has 0 spiro atoms. The van der Waals surface area contributed by atoms with Gasteiger partial charge in [0.15, 0.2) is 6.61 Å². The second-order valence-corrected chi connectivity index (χ2v) is 7.94. The Morgan fingerprint density at radius 3 is 2.57 bits per heavy atom. The Morgan fingerprint density at radius 2 is 1.83 bits per heavy atom. The van der Waals surface area contributed by atoms with Crippen LogP contribution in [0.1, 0.15) is 5.56 Å². The molecule has 1 fully saturated rings. The van der Waals surface area contributed by atoms with E-state index < -0.39 is 0 Å². The number of fused-ring (bicyclic) bond motifs is 1. The molecule has 1 aliphatic rings. The maximum absolute atomic E-state index is 12.4. The smallest absolute Gasteiger partial charge is 0.262 e. The summed E-state index contributed by atoms with van der Waals surface area (Å²) in [6.45, 7) is 4.68. The molecule has 30 heavy (non-hydrogen) atoms. The second-order valence-electron chi connectivity index (χ2n) is 7.15. The van der Waals surface area contributed by atoms with Crippen molar-refractivity contribution >= 4 is 51.3 Å². The number of aryl methyl sites for hydroxylation is 1. The molecule has 7 heteroatoms. The number of rotatable bonds is 5. The lowest BCUT2D eigenvalue weighted by Gasteiger charge is -2.30.